The van der Waals surface area contributed by atoms with Gasteiger partial charge >= 0.3 is 6.03 Å². The quantitative estimate of drug-likeness (QED) is 0.715. The molecule has 0 aliphatic rings. The molecule has 5 nitrogen and oxygen atoms in total. The van der Waals surface area contributed by atoms with E-state index in [9.17, 15) is 4.79 Å². The Morgan fingerprint density at radius 1 is 1.00 bits per heavy atom. The van der Waals surface area contributed by atoms with Gasteiger partial charge < -0.3 is 10.6 Å². The van der Waals surface area contributed by atoms with Gasteiger partial charge in [0.1, 0.15) is 0 Å². The number of nitrogens with one attached hydrogen (secondary N) is 2. The first-order chi connectivity index (χ1) is 12.9. The van der Waals surface area contributed by atoms with Crippen molar-refractivity contribution in [1.82, 2.24) is 20.4 Å². The average molecular weight is 362 g/mol. The number of aromatic nitrogens is 2. The summed E-state index contributed by atoms with van der Waals surface area (Å²) in [6.45, 7) is 6.98. The molecule has 0 radical (unpaired) electrons. The fourth-order valence-corrected chi connectivity index (χ4v) is 2.84. The fraction of sp³-hybridized carbons (Fsp3) is 0.273. The molecule has 2 N–H and O–H groups in total. The summed E-state index contributed by atoms with van der Waals surface area (Å²) < 4.78 is 1.93. The van der Waals surface area contributed by atoms with Crippen LogP contribution in [0.25, 0.3) is 11.3 Å². The van der Waals surface area contributed by atoms with Crippen molar-refractivity contribution in [1.29, 1.82) is 0 Å². The van der Waals surface area contributed by atoms with Crippen molar-refractivity contribution in [2.24, 2.45) is 0 Å². The molecule has 0 atom stereocenters. The first kappa shape index (κ1) is 18.7. The number of hydrogen-bond donors (Lipinski definition) is 2. The SMILES string of the molecule is CC(C)(C)NC(=O)NCc1cn(Cc2ccccc2)nc1-c1ccccc1. The highest BCUT2D eigenvalue weighted by Crippen LogP contribution is 2.22. The topological polar surface area (TPSA) is 59.0 Å². The van der Waals surface area contributed by atoms with E-state index in [0.29, 0.717) is 13.1 Å². The minimum atomic E-state index is -0.274. The Labute approximate surface area is 160 Å². The van der Waals surface area contributed by atoms with Crippen LogP contribution in [0.5, 0.6) is 0 Å². The van der Waals surface area contributed by atoms with Gasteiger partial charge in [-0.3, -0.25) is 4.68 Å². The first-order valence-electron chi connectivity index (χ1n) is 9.12. The zero-order chi connectivity index (χ0) is 19.3. The molecule has 3 rings (SSSR count). The Morgan fingerprint density at radius 2 is 1.63 bits per heavy atom. The smallest absolute Gasteiger partial charge is 0.315 e. The summed E-state index contributed by atoms with van der Waals surface area (Å²) in [6, 6.07) is 20.1. The van der Waals surface area contributed by atoms with Gasteiger partial charge in [0, 0.05) is 29.4 Å². The predicted octanol–water partition coefficient (Wildman–Crippen LogP) is 4.20. The maximum absolute atomic E-state index is 12.1. The average Bonchev–Trinajstić information content (AvgIpc) is 3.03. The number of benzene rings is 2. The minimum Gasteiger partial charge on any atom is -0.334 e. The van der Waals surface area contributed by atoms with Crippen LogP contribution in [0.3, 0.4) is 0 Å². The lowest BCUT2D eigenvalue weighted by molar-refractivity contribution is 0.231. The standard InChI is InChI=1S/C22H26N4O/c1-22(2,3)24-21(27)23-14-19-16-26(15-17-10-6-4-7-11-17)25-20(19)18-12-8-5-9-13-18/h4-13,16H,14-15H2,1-3H3,(H2,23,24,27). The van der Waals surface area contributed by atoms with Gasteiger partial charge in [-0.2, -0.15) is 5.10 Å². The van der Waals surface area contributed by atoms with E-state index in [1.54, 1.807) is 0 Å². The molecule has 3 aromatic rings. The normalized spacial score (nSPS) is 11.2. The maximum atomic E-state index is 12.1. The van der Waals surface area contributed by atoms with Crippen molar-refractivity contribution in [3.63, 3.8) is 0 Å². The molecule has 0 saturated carbocycles. The minimum absolute atomic E-state index is 0.183. The molecule has 0 spiro atoms. The molecular weight excluding hydrogens is 336 g/mol. The molecule has 5 heteroatoms. The lowest BCUT2D eigenvalue weighted by Gasteiger charge is -2.20. The number of carbonyl (C=O) groups excluding carboxylic acids is 1. The second kappa shape index (κ2) is 8.08. The second-order valence-corrected chi connectivity index (χ2v) is 7.61. The number of nitrogens with zero attached hydrogens (tertiary/aromatic N) is 2. The van der Waals surface area contributed by atoms with Crippen LogP contribution in [0, 0.1) is 0 Å². The molecule has 0 aliphatic heterocycles. The number of rotatable bonds is 5. The van der Waals surface area contributed by atoms with E-state index in [1.165, 1.54) is 5.56 Å². The van der Waals surface area contributed by atoms with Crippen LogP contribution in [-0.2, 0) is 13.1 Å². The third-order valence-corrected chi connectivity index (χ3v) is 4.00. The molecular formula is C22H26N4O. The van der Waals surface area contributed by atoms with Crippen molar-refractivity contribution in [3.05, 3.63) is 78.0 Å². The summed E-state index contributed by atoms with van der Waals surface area (Å²) in [4.78, 5) is 12.1. The summed E-state index contributed by atoms with van der Waals surface area (Å²) in [5.41, 5.74) is 3.83. The maximum Gasteiger partial charge on any atom is 0.315 e. The zero-order valence-electron chi connectivity index (χ0n) is 16.1. The molecule has 2 aromatic carbocycles. The van der Waals surface area contributed by atoms with Gasteiger partial charge in [-0.15, -0.1) is 0 Å². The number of carbonyl (C=O) groups is 1. The summed E-state index contributed by atoms with van der Waals surface area (Å²) in [6.07, 6.45) is 2.01. The lowest BCUT2D eigenvalue weighted by Crippen LogP contribution is -2.46. The van der Waals surface area contributed by atoms with Crippen LogP contribution in [0.2, 0.25) is 0 Å². The molecule has 0 saturated heterocycles. The van der Waals surface area contributed by atoms with Crippen molar-refractivity contribution in [2.75, 3.05) is 0 Å². The van der Waals surface area contributed by atoms with E-state index in [2.05, 4.69) is 22.8 Å². The molecule has 0 bridgehead atoms. The van der Waals surface area contributed by atoms with E-state index in [-0.39, 0.29) is 11.6 Å². The largest absolute Gasteiger partial charge is 0.334 e. The van der Waals surface area contributed by atoms with Gasteiger partial charge in [-0.25, -0.2) is 4.79 Å². The second-order valence-electron chi connectivity index (χ2n) is 7.61. The monoisotopic (exact) mass is 362 g/mol. The van der Waals surface area contributed by atoms with Gasteiger partial charge in [0.2, 0.25) is 0 Å². The van der Waals surface area contributed by atoms with Crippen LogP contribution in [-0.4, -0.2) is 21.4 Å². The van der Waals surface area contributed by atoms with Gasteiger partial charge in [0.25, 0.3) is 0 Å². The van der Waals surface area contributed by atoms with Crippen LogP contribution in [0.15, 0.2) is 66.9 Å². The zero-order valence-corrected chi connectivity index (χ0v) is 16.1. The van der Waals surface area contributed by atoms with Crippen LogP contribution in [0.1, 0.15) is 31.9 Å². The summed E-state index contributed by atoms with van der Waals surface area (Å²) in [5, 5.41) is 10.6. The summed E-state index contributed by atoms with van der Waals surface area (Å²) in [7, 11) is 0. The third-order valence-electron chi connectivity index (χ3n) is 4.00. The summed E-state index contributed by atoms with van der Waals surface area (Å²) >= 11 is 0. The van der Waals surface area contributed by atoms with Crippen LogP contribution in [0.4, 0.5) is 4.79 Å². The number of hydrogen-bond acceptors (Lipinski definition) is 2. The van der Waals surface area contributed by atoms with Crippen molar-refractivity contribution >= 4 is 6.03 Å². The Hall–Kier alpha value is -3.08. The van der Waals surface area contributed by atoms with E-state index >= 15 is 0 Å². The van der Waals surface area contributed by atoms with Gasteiger partial charge in [-0.05, 0) is 26.3 Å². The van der Waals surface area contributed by atoms with E-state index in [4.69, 9.17) is 5.10 Å². The Bertz CT molecular complexity index is 880. The third kappa shape index (κ3) is 5.45. The van der Waals surface area contributed by atoms with Crippen molar-refractivity contribution in [3.8, 4) is 11.3 Å². The Balaban J connectivity index is 1.81. The number of amides is 2. The molecule has 140 valence electrons. The van der Waals surface area contributed by atoms with E-state index < -0.39 is 0 Å². The molecule has 27 heavy (non-hydrogen) atoms. The van der Waals surface area contributed by atoms with Gasteiger partial charge in [0.05, 0.1) is 12.2 Å². The molecule has 1 heterocycles. The van der Waals surface area contributed by atoms with Crippen LogP contribution < -0.4 is 10.6 Å². The lowest BCUT2D eigenvalue weighted by atomic mass is 10.1. The highest BCUT2D eigenvalue weighted by molar-refractivity contribution is 5.75. The van der Waals surface area contributed by atoms with Crippen LogP contribution >= 0.6 is 0 Å². The molecule has 0 unspecified atom stereocenters. The molecule has 0 fully saturated rings. The number of urea groups is 1. The highest BCUT2D eigenvalue weighted by Gasteiger charge is 2.16. The summed E-state index contributed by atoms with van der Waals surface area (Å²) in [5.74, 6) is 0. The predicted molar refractivity (Wildman–Crippen MR) is 108 cm³/mol. The molecule has 2 amide bonds. The Morgan fingerprint density at radius 3 is 2.26 bits per heavy atom. The van der Waals surface area contributed by atoms with Gasteiger partial charge in [-0.1, -0.05) is 60.7 Å². The Kier molecular flexibility index (Phi) is 5.60. The molecule has 1 aromatic heterocycles. The van der Waals surface area contributed by atoms with Gasteiger partial charge in [0.15, 0.2) is 0 Å². The van der Waals surface area contributed by atoms with E-state index in [0.717, 1.165) is 16.8 Å². The fourth-order valence-electron chi connectivity index (χ4n) is 2.84. The van der Waals surface area contributed by atoms with Crippen molar-refractivity contribution < 1.29 is 4.79 Å². The first-order valence-corrected chi connectivity index (χ1v) is 9.12. The molecule has 0 aliphatic carbocycles. The van der Waals surface area contributed by atoms with E-state index in [1.807, 2.05) is 80.2 Å². The highest BCUT2D eigenvalue weighted by atomic mass is 16.2. The van der Waals surface area contributed by atoms with Crippen molar-refractivity contribution in [2.45, 2.75) is 39.4 Å².